The first kappa shape index (κ1) is 11.4. The largest absolute Gasteiger partial charge is 0.390 e. The molecular weight excluding hydrogens is 197 g/mol. The van der Waals surface area contributed by atoms with Crippen LogP contribution in [-0.4, -0.2) is 22.1 Å². The average molecular weight is 204 g/mol. The van der Waals surface area contributed by atoms with Crippen molar-refractivity contribution in [1.82, 2.24) is 0 Å². The highest BCUT2D eigenvalue weighted by molar-refractivity contribution is 7.80. The van der Waals surface area contributed by atoms with Gasteiger partial charge in [-0.3, -0.25) is 4.79 Å². The van der Waals surface area contributed by atoms with Crippen LogP contribution in [0.2, 0.25) is 0 Å². The van der Waals surface area contributed by atoms with E-state index in [0.29, 0.717) is 0 Å². The Kier molecular flexibility index (Phi) is 4.22. The van der Waals surface area contributed by atoms with Gasteiger partial charge in [0.05, 0.1) is 12.2 Å². The Bertz CT molecular complexity index is 189. The molecule has 1 atom stereocenters. The third-order valence-electron chi connectivity index (χ3n) is 0.763. The van der Waals surface area contributed by atoms with E-state index in [2.05, 4.69) is 4.18 Å². The summed E-state index contributed by atoms with van der Waals surface area (Å²) in [5.41, 5.74) is 0. The fourth-order valence-electron chi connectivity index (χ4n) is 0.372. The molecule has 0 saturated carbocycles. The molecule has 0 saturated heterocycles. The van der Waals surface area contributed by atoms with Crippen LogP contribution in [0.5, 0.6) is 0 Å². The lowest BCUT2D eigenvalue weighted by molar-refractivity contribution is -0.133. The number of hydrogen-bond donors (Lipinski definition) is 0. The monoisotopic (exact) mass is 204 g/mol. The summed E-state index contributed by atoms with van der Waals surface area (Å²) in [4.78, 5) is 10.1. The lowest BCUT2D eigenvalue weighted by Crippen LogP contribution is -2.15. The Balaban J connectivity index is 3.65. The van der Waals surface area contributed by atoms with Crippen LogP contribution < -0.4 is 0 Å². The van der Waals surface area contributed by atoms with Gasteiger partial charge in [0.25, 0.3) is 0 Å². The standard InChI is InChI=1S/C5H7F3O3S/c1-4(9)11-12(10)3-2-5(6,7)8/h2-3H2,1H3. The molecule has 0 fully saturated rings. The molecule has 12 heavy (non-hydrogen) atoms. The Morgan fingerprint density at radius 1 is 1.50 bits per heavy atom. The van der Waals surface area contributed by atoms with Crippen molar-refractivity contribution >= 4 is 17.0 Å². The summed E-state index contributed by atoms with van der Waals surface area (Å²) in [6.07, 6.45) is -5.58. The van der Waals surface area contributed by atoms with Gasteiger partial charge in [-0.1, -0.05) is 0 Å². The molecule has 0 amide bonds. The van der Waals surface area contributed by atoms with E-state index in [0.717, 1.165) is 6.92 Å². The second-order valence-corrected chi connectivity index (χ2v) is 3.13. The van der Waals surface area contributed by atoms with Crippen molar-refractivity contribution in [2.24, 2.45) is 0 Å². The van der Waals surface area contributed by atoms with Crippen molar-refractivity contribution in [2.45, 2.75) is 19.5 Å². The van der Waals surface area contributed by atoms with Gasteiger partial charge in [0, 0.05) is 6.92 Å². The molecule has 0 aliphatic rings. The van der Waals surface area contributed by atoms with Crippen LogP contribution in [0.3, 0.4) is 0 Å². The molecule has 0 heterocycles. The molecule has 0 spiro atoms. The summed E-state index contributed by atoms with van der Waals surface area (Å²) in [6.45, 7) is 0.978. The molecule has 3 nitrogen and oxygen atoms in total. The van der Waals surface area contributed by atoms with Gasteiger partial charge in [0.1, 0.15) is 0 Å². The molecule has 0 aromatic heterocycles. The predicted molar refractivity (Wildman–Crippen MR) is 35.4 cm³/mol. The molecule has 0 bridgehead atoms. The molecule has 0 aromatic rings. The van der Waals surface area contributed by atoms with Crippen LogP contribution in [0.15, 0.2) is 0 Å². The normalized spacial score (nSPS) is 14.0. The summed E-state index contributed by atoms with van der Waals surface area (Å²) < 4.78 is 48.9. The van der Waals surface area contributed by atoms with E-state index >= 15 is 0 Å². The van der Waals surface area contributed by atoms with Crippen molar-refractivity contribution in [3.63, 3.8) is 0 Å². The average Bonchev–Trinajstić information content (AvgIpc) is 1.80. The van der Waals surface area contributed by atoms with Gasteiger partial charge in [-0.2, -0.15) is 13.2 Å². The van der Waals surface area contributed by atoms with Gasteiger partial charge < -0.3 is 4.18 Å². The number of carbonyl (C=O) groups excluding carboxylic acids is 1. The maximum Gasteiger partial charge on any atom is 0.390 e. The van der Waals surface area contributed by atoms with Crippen LogP contribution in [-0.2, 0) is 20.1 Å². The first-order chi connectivity index (χ1) is 5.31. The van der Waals surface area contributed by atoms with Gasteiger partial charge in [-0.15, -0.1) is 0 Å². The topological polar surface area (TPSA) is 43.4 Å². The van der Waals surface area contributed by atoms with E-state index in [1.54, 1.807) is 0 Å². The minimum absolute atomic E-state index is 0.705. The highest BCUT2D eigenvalue weighted by Gasteiger charge is 2.28. The number of alkyl halides is 3. The molecule has 72 valence electrons. The molecule has 0 aliphatic heterocycles. The fourth-order valence-corrected chi connectivity index (χ4v) is 1.11. The number of rotatable bonds is 3. The Morgan fingerprint density at radius 2 is 2.00 bits per heavy atom. The van der Waals surface area contributed by atoms with E-state index in [4.69, 9.17) is 0 Å². The summed E-state index contributed by atoms with van der Waals surface area (Å²) in [5, 5.41) is 0. The molecule has 1 unspecified atom stereocenters. The highest BCUT2D eigenvalue weighted by Crippen LogP contribution is 2.19. The minimum Gasteiger partial charge on any atom is -0.364 e. The van der Waals surface area contributed by atoms with Crippen LogP contribution in [0.25, 0.3) is 0 Å². The SMILES string of the molecule is CC(=O)OS(=O)CCC(F)(F)F. The highest BCUT2D eigenvalue weighted by atomic mass is 32.2. The maximum absolute atomic E-state index is 11.5. The third-order valence-corrected chi connectivity index (χ3v) is 1.72. The third kappa shape index (κ3) is 7.52. The van der Waals surface area contributed by atoms with E-state index in [-0.39, 0.29) is 0 Å². The quantitative estimate of drug-likeness (QED) is 0.693. The smallest absolute Gasteiger partial charge is 0.364 e. The van der Waals surface area contributed by atoms with Crippen molar-refractivity contribution < 1.29 is 26.4 Å². The van der Waals surface area contributed by atoms with Crippen molar-refractivity contribution in [2.75, 3.05) is 5.75 Å². The zero-order chi connectivity index (χ0) is 9.78. The minimum atomic E-state index is -4.37. The number of halogens is 3. The van der Waals surface area contributed by atoms with Crippen LogP contribution in [0.1, 0.15) is 13.3 Å². The van der Waals surface area contributed by atoms with Crippen molar-refractivity contribution in [3.05, 3.63) is 0 Å². The predicted octanol–water partition coefficient (Wildman–Crippen LogP) is 1.17. The van der Waals surface area contributed by atoms with Gasteiger partial charge >= 0.3 is 12.1 Å². The molecular formula is C5H7F3O3S. The Labute approximate surface area is 69.6 Å². The molecule has 7 heteroatoms. The lowest BCUT2D eigenvalue weighted by atomic mass is 10.5. The fraction of sp³-hybridized carbons (Fsp3) is 0.800. The summed E-state index contributed by atoms with van der Waals surface area (Å²) in [7, 11) is 0. The zero-order valence-corrected chi connectivity index (χ0v) is 7.00. The second-order valence-electron chi connectivity index (χ2n) is 1.95. The Morgan fingerprint density at radius 3 is 2.33 bits per heavy atom. The van der Waals surface area contributed by atoms with Gasteiger partial charge in [-0.25, -0.2) is 4.21 Å². The molecule has 0 aromatic carbocycles. The van der Waals surface area contributed by atoms with E-state index < -0.39 is 35.4 Å². The maximum atomic E-state index is 11.5. The summed E-state index contributed by atoms with van der Waals surface area (Å²) in [6, 6.07) is 0. The zero-order valence-electron chi connectivity index (χ0n) is 6.18. The number of carbonyl (C=O) groups is 1. The van der Waals surface area contributed by atoms with Gasteiger partial charge in [0.15, 0.2) is 0 Å². The Hall–Kier alpha value is -0.590. The van der Waals surface area contributed by atoms with Gasteiger partial charge in [0.2, 0.25) is 11.1 Å². The van der Waals surface area contributed by atoms with E-state index in [9.17, 15) is 22.2 Å². The van der Waals surface area contributed by atoms with Gasteiger partial charge in [-0.05, 0) is 0 Å². The second kappa shape index (κ2) is 4.44. The van der Waals surface area contributed by atoms with E-state index in [1.807, 2.05) is 0 Å². The first-order valence-corrected chi connectivity index (χ1v) is 4.19. The first-order valence-electron chi connectivity index (χ1n) is 2.95. The molecule has 0 aliphatic carbocycles. The molecule has 0 radical (unpaired) electrons. The van der Waals surface area contributed by atoms with Crippen LogP contribution in [0.4, 0.5) is 13.2 Å². The van der Waals surface area contributed by atoms with E-state index in [1.165, 1.54) is 0 Å². The molecule has 0 N–H and O–H groups in total. The summed E-state index contributed by atoms with van der Waals surface area (Å²) >= 11 is -2.17. The summed E-state index contributed by atoms with van der Waals surface area (Å²) in [5.74, 6) is -1.56. The van der Waals surface area contributed by atoms with Crippen molar-refractivity contribution in [1.29, 1.82) is 0 Å². The van der Waals surface area contributed by atoms with Crippen LogP contribution in [0, 0.1) is 0 Å². The van der Waals surface area contributed by atoms with Crippen molar-refractivity contribution in [3.8, 4) is 0 Å². The lowest BCUT2D eigenvalue weighted by Gasteiger charge is -2.04. The number of hydrogen-bond acceptors (Lipinski definition) is 3. The van der Waals surface area contributed by atoms with Crippen LogP contribution >= 0.6 is 0 Å². The molecule has 0 rings (SSSR count).